The van der Waals surface area contributed by atoms with Crippen LogP contribution in [0.5, 0.6) is 0 Å². The number of carbonyl (C=O) groups excluding carboxylic acids is 2. The van der Waals surface area contributed by atoms with Crippen LogP contribution in [0.3, 0.4) is 0 Å². The van der Waals surface area contributed by atoms with Gasteiger partial charge >= 0.3 is 0 Å². The van der Waals surface area contributed by atoms with Gasteiger partial charge in [0, 0.05) is 63.1 Å². The predicted molar refractivity (Wildman–Crippen MR) is 104 cm³/mol. The molecule has 1 aromatic heterocycles. The SMILES string of the molecule is CC(=O)N1CCC[C@H](c2ncc3c(n2)CCN(C(=O)C2[C@@H]4CCCC[C@@H]24)C3)C1. The van der Waals surface area contributed by atoms with Crippen molar-refractivity contribution in [2.24, 2.45) is 17.8 Å². The molecule has 0 N–H and O–H groups in total. The van der Waals surface area contributed by atoms with Gasteiger partial charge in [-0.3, -0.25) is 9.59 Å². The highest BCUT2D eigenvalue weighted by Gasteiger charge is 2.55. The van der Waals surface area contributed by atoms with Crippen molar-refractivity contribution in [1.82, 2.24) is 19.8 Å². The molecule has 6 heteroatoms. The molecule has 28 heavy (non-hydrogen) atoms. The molecule has 2 saturated carbocycles. The lowest BCUT2D eigenvalue weighted by molar-refractivity contribution is -0.134. The number of fused-ring (bicyclic) bond motifs is 2. The van der Waals surface area contributed by atoms with Gasteiger partial charge in [-0.25, -0.2) is 9.97 Å². The summed E-state index contributed by atoms with van der Waals surface area (Å²) in [7, 11) is 0. The fourth-order valence-electron chi connectivity index (χ4n) is 5.76. The van der Waals surface area contributed by atoms with Crippen LogP contribution in [-0.4, -0.2) is 51.2 Å². The summed E-state index contributed by atoms with van der Waals surface area (Å²) < 4.78 is 0. The topological polar surface area (TPSA) is 66.4 Å². The Bertz CT molecular complexity index is 783. The van der Waals surface area contributed by atoms with Crippen molar-refractivity contribution < 1.29 is 9.59 Å². The third-order valence-corrected chi connectivity index (χ3v) is 7.44. The van der Waals surface area contributed by atoms with Crippen molar-refractivity contribution in [3.63, 3.8) is 0 Å². The van der Waals surface area contributed by atoms with Gasteiger partial charge in [-0.15, -0.1) is 0 Å². The van der Waals surface area contributed by atoms with Gasteiger partial charge in [-0.2, -0.15) is 0 Å². The maximum atomic E-state index is 13.0. The Morgan fingerprint density at radius 2 is 1.82 bits per heavy atom. The van der Waals surface area contributed by atoms with Crippen molar-refractivity contribution >= 4 is 11.8 Å². The minimum atomic E-state index is 0.137. The molecule has 5 rings (SSSR count). The molecule has 1 saturated heterocycles. The molecule has 2 aliphatic carbocycles. The van der Waals surface area contributed by atoms with Gasteiger partial charge in [0.05, 0.1) is 5.69 Å². The smallest absolute Gasteiger partial charge is 0.226 e. The summed E-state index contributed by atoms with van der Waals surface area (Å²) in [6.07, 6.45) is 9.90. The second-order valence-electron chi connectivity index (χ2n) is 9.15. The lowest BCUT2D eigenvalue weighted by Gasteiger charge is -2.32. The Hall–Kier alpha value is -1.98. The minimum absolute atomic E-state index is 0.137. The van der Waals surface area contributed by atoms with E-state index >= 15 is 0 Å². The summed E-state index contributed by atoms with van der Waals surface area (Å²) >= 11 is 0. The Balaban J connectivity index is 1.26. The molecule has 1 aromatic rings. The maximum absolute atomic E-state index is 13.0. The lowest BCUT2D eigenvalue weighted by Crippen LogP contribution is -2.39. The highest BCUT2D eigenvalue weighted by Crippen LogP contribution is 2.56. The van der Waals surface area contributed by atoms with Crippen LogP contribution in [0, 0.1) is 17.8 Å². The van der Waals surface area contributed by atoms with Gasteiger partial charge in [-0.05, 0) is 37.5 Å². The molecule has 150 valence electrons. The zero-order chi connectivity index (χ0) is 19.3. The summed E-state index contributed by atoms with van der Waals surface area (Å²) in [6, 6.07) is 0. The third kappa shape index (κ3) is 3.20. The van der Waals surface area contributed by atoms with Crippen LogP contribution in [0.25, 0.3) is 0 Å². The highest BCUT2D eigenvalue weighted by molar-refractivity contribution is 5.82. The van der Waals surface area contributed by atoms with E-state index in [1.807, 2.05) is 16.0 Å². The van der Waals surface area contributed by atoms with E-state index in [9.17, 15) is 9.59 Å². The molecule has 0 radical (unpaired) electrons. The standard InChI is InChI=1S/C22H30N4O2/c1-14(27)25-9-4-5-15(12-25)21-23-11-16-13-26(10-8-19(16)24-21)22(28)20-17-6-2-3-7-18(17)20/h11,15,17-18,20H,2-10,12-13H2,1H3/t15-,17+,18+/m0/s1. The number of likely N-dealkylation sites (tertiary alicyclic amines) is 1. The Kier molecular flexibility index (Phi) is 4.60. The first-order valence-corrected chi connectivity index (χ1v) is 11.0. The van der Waals surface area contributed by atoms with E-state index in [1.165, 1.54) is 25.7 Å². The van der Waals surface area contributed by atoms with Crippen molar-refractivity contribution in [3.8, 4) is 0 Å². The van der Waals surface area contributed by atoms with Crippen molar-refractivity contribution in [1.29, 1.82) is 0 Å². The van der Waals surface area contributed by atoms with E-state index in [-0.39, 0.29) is 11.8 Å². The molecular weight excluding hydrogens is 352 g/mol. The average molecular weight is 383 g/mol. The molecular formula is C22H30N4O2. The molecule has 3 atom stereocenters. The van der Waals surface area contributed by atoms with E-state index < -0.39 is 0 Å². The van der Waals surface area contributed by atoms with Crippen molar-refractivity contribution in [2.45, 2.75) is 64.3 Å². The molecule has 0 spiro atoms. The van der Waals surface area contributed by atoms with Crippen molar-refractivity contribution in [3.05, 3.63) is 23.3 Å². The van der Waals surface area contributed by atoms with Crippen LogP contribution < -0.4 is 0 Å². The number of piperidine rings is 1. The zero-order valence-corrected chi connectivity index (χ0v) is 16.8. The first kappa shape index (κ1) is 18.1. The molecule has 0 aromatic carbocycles. The normalized spacial score (nSPS) is 31.8. The van der Waals surface area contributed by atoms with Gasteiger partial charge in [0.2, 0.25) is 11.8 Å². The number of rotatable bonds is 2. The molecule has 2 amide bonds. The first-order valence-electron chi connectivity index (χ1n) is 11.0. The number of hydrogen-bond donors (Lipinski definition) is 0. The van der Waals surface area contributed by atoms with Gasteiger partial charge in [0.1, 0.15) is 5.82 Å². The number of aromatic nitrogens is 2. The molecule has 0 unspecified atom stereocenters. The maximum Gasteiger partial charge on any atom is 0.226 e. The van der Waals surface area contributed by atoms with E-state index in [0.29, 0.717) is 30.2 Å². The van der Waals surface area contributed by atoms with Gasteiger partial charge in [-0.1, -0.05) is 12.8 Å². The van der Waals surface area contributed by atoms with Crippen LogP contribution in [0.15, 0.2) is 6.20 Å². The van der Waals surface area contributed by atoms with Crippen LogP contribution in [-0.2, 0) is 22.6 Å². The third-order valence-electron chi connectivity index (χ3n) is 7.44. The van der Waals surface area contributed by atoms with Crippen LogP contribution in [0.4, 0.5) is 0 Å². The van der Waals surface area contributed by atoms with Crippen LogP contribution in [0.2, 0.25) is 0 Å². The van der Waals surface area contributed by atoms with Gasteiger partial charge in [0.15, 0.2) is 0 Å². The zero-order valence-electron chi connectivity index (χ0n) is 16.8. The Morgan fingerprint density at radius 1 is 1.04 bits per heavy atom. The fraction of sp³-hybridized carbons (Fsp3) is 0.727. The molecule has 4 aliphatic rings. The number of hydrogen-bond acceptors (Lipinski definition) is 4. The summed E-state index contributed by atoms with van der Waals surface area (Å²) in [6.45, 7) is 4.65. The number of amides is 2. The molecule has 3 fully saturated rings. The summed E-state index contributed by atoms with van der Waals surface area (Å²) in [4.78, 5) is 38.2. The van der Waals surface area contributed by atoms with E-state index in [0.717, 1.165) is 56.0 Å². The lowest BCUT2D eigenvalue weighted by atomic mass is 9.96. The second kappa shape index (κ2) is 7.12. The second-order valence-corrected chi connectivity index (χ2v) is 9.15. The minimum Gasteiger partial charge on any atom is -0.342 e. The predicted octanol–water partition coefficient (Wildman–Crippen LogP) is 2.52. The van der Waals surface area contributed by atoms with Gasteiger partial charge in [0.25, 0.3) is 0 Å². The largest absolute Gasteiger partial charge is 0.342 e. The average Bonchev–Trinajstić information content (AvgIpc) is 3.47. The molecule has 3 heterocycles. The quantitative estimate of drug-likeness (QED) is 0.788. The van der Waals surface area contributed by atoms with Gasteiger partial charge < -0.3 is 9.80 Å². The summed E-state index contributed by atoms with van der Waals surface area (Å²) in [5.74, 6) is 3.24. The fourth-order valence-corrected chi connectivity index (χ4v) is 5.76. The monoisotopic (exact) mass is 382 g/mol. The molecule has 2 aliphatic heterocycles. The summed E-state index contributed by atoms with van der Waals surface area (Å²) in [5.41, 5.74) is 2.20. The van der Waals surface area contributed by atoms with Crippen molar-refractivity contribution in [2.75, 3.05) is 19.6 Å². The van der Waals surface area contributed by atoms with E-state index in [2.05, 4.69) is 4.98 Å². The first-order chi connectivity index (χ1) is 13.6. The Labute approximate surface area is 166 Å². The van der Waals surface area contributed by atoms with Crippen LogP contribution >= 0.6 is 0 Å². The number of carbonyl (C=O) groups is 2. The molecule has 0 bridgehead atoms. The highest BCUT2D eigenvalue weighted by atomic mass is 16.2. The summed E-state index contributed by atoms with van der Waals surface area (Å²) in [5, 5.41) is 0. The van der Waals surface area contributed by atoms with E-state index in [4.69, 9.17) is 4.98 Å². The molecule has 6 nitrogen and oxygen atoms in total. The number of nitrogens with zero attached hydrogens (tertiary/aromatic N) is 4. The Morgan fingerprint density at radius 3 is 2.57 bits per heavy atom. The van der Waals surface area contributed by atoms with E-state index in [1.54, 1.807) is 6.92 Å². The van der Waals surface area contributed by atoms with Crippen LogP contribution in [0.1, 0.15) is 68.4 Å².